The van der Waals surface area contributed by atoms with Gasteiger partial charge in [0.25, 0.3) is 0 Å². The van der Waals surface area contributed by atoms with Gasteiger partial charge in [-0.15, -0.1) is 0 Å². The van der Waals surface area contributed by atoms with E-state index in [1.807, 2.05) is 0 Å². The van der Waals surface area contributed by atoms with Gasteiger partial charge in [0.2, 0.25) is 6.54 Å². The quantitative estimate of drug-likeness (QED) is 0.553. The molecule has 25 heavy (non-hydrogen) atoms. The second kappa shape index (κ2) is 5.91. The van der Waals surface area contributed by atoms with Gasteiger partial charge in [-0.05, 0) is 18.1 Å². The van der Waals surface area contributed by atoms with Crippen LogP contribution in [0, 0.1) is 17.0 Å². The standard InChI is InChI=1S/C18H15F3N2O2/c1-12-6-5-9-14-15(10-22-16(12)14)17(11-23(24)25,18(19,20)21)13-7-3-2-4-8-13/h2-10,22H,11H2,1H3/t17-/m0/s1. The van der Waals surface area contributed by atoms with Crippen molar-refractivity contribution >= 4 is 10.9 Å². The largest absolute Gasteiger partial charge is 0.408 e. The van der Waals surface area contributed by atoms with Crippen LogP contribution in [0.4, 0.5) is 13.2 Å². The molecule has 0 radical (unpaired) electrons. The minimum Gasteiger partial charge on any atom is -0.361 e. The van der Waals surface area contributed by atoms with Crippen molar-refractivity contribution in [1.29, 1.82) is 0 Å². The van der Waals surface area contributed by atoms with E-state index in [9.17, 15) is 23.3 Å². The lowest BCUT2D eigenvalue weighted by Gasteiger charge is -2.32. The number of nitro groups is 1. The lowest BCUT2D eigenvalue weighted by molar-refractivity contribution is -0.498. The fourth-order valence-corrected chi connectivity index (χ4v) is 3.31. The Bertz CT molecular complexity index is 919. The number of nitrogens with zero attached hydrogens (tertiary/aromatic N) is 1. The van der Waals surface area contributed by atoms with E-state index in [-0.39, 0.29) is 11.1 Å². The molecule has 0 amide bonds. The van der Waals surface area contributed by atoms with E-state index in [1.54, 1.807) is 31.2 Å². The molecule has 0 spiro atoms. The minimum atomic E-state index is -4.85. The first-order valence-corrected chi connectivity index (χ1v) is 7.58. The molecule has 130 valence electrons. The molecule has 0 saturated carbocycles. The van der Waals surface area contributed by atoms with E-state index in [1.165, 1.54) is 30.5 Å². The molecule has 1 aromatic heterocycles. The second-order valence-corrected chi connectivity index (χ2v) is 5.96. The number of alkyl halides is 3. The molecule has 4 nitrogen and oxygen atoms in total. The maximum absolute atomic E-state index is 14.3. The zero-order chi connectivity index (χ0) is 18.2. The van der Waals surface area contributed by atoms with Crippen LogP contribution in [0.1, 0.15) is 16.7 Å². The van der Waals surface area contributed by atoms with Crippen LogP contribution < -0.4 is 0 Å². The highest BCUT2D eigenvalue weighted by Crippen LogP contribution is 2.48. The Morgan fingerprint density at radius 3 is 2.36 bits per heavy atom. The maximum Gasteiger partial charge on any atom is 0.408 e. The van der Waals surface area contributed by atoms with Gasteiger partial charge in [0, 0.05) is 27.6 Å². The van der Waals surface area contributed by atoms with Crippen molar-refractivity contribution in [1.82, 2.24) is 4.98 Å². The van der Waals surface area contributed by atoms with Gasteiger partial charge in [-0.2, -0.15) is 13.2 Å². The number of H-pyrrole nitrogens is 1. The summed E-state index contributed by atoms with van der Waals surface area (Å²) in [5.74, 6) is 0. The van der Waals surface area contributed by atoms with Crippen molar-refractivity contribution in [2.24, 2.45) is 0 Å². The van der Waals surface area contributed by atoms with Crippen molar-refractivity contribution < 1.29 is 18.1 Å². The lowest BCUT2D eigenvalue weighted by Crippen LogP contribution is -2.48. The zero-order valence-electron chi connectivity index (χ0n) is 13.3. The zero-order valence-corrected chi connectivity index (χ0v) is 13.3. The number of para-hydroxylation sites is 1. The van der Waals surface area contributed by atoms with Crippen molar-refractivity contribution in [3.8, 4) is 0 Å². The number of hydrogen-bond acceptors (Lipinski definition) is 2. The first-order chi connectivity index (χ1) is 11.8. The third kappa shape index (κ3) is 2.65. The number of halogens is 3. The van der Waals surface area contributed by atoms with Gasteiger partial charge in [-0.3, -0.25) is 10.1 Å². The number of fused-ring (bicyclic) bond motifs is 1. The highest BCUT2D eigenvalue weighted by Gasteiger charge is 2.61. The molecule has 0 aliphatic rings. The lowest BCUT2D eigenvalue weighted by atomic mass is 9.73. The Hall–Kier alpha value is -2.83. The van der Waals surface area contributed by atoms with E-state index >= 15 is 0 Å². The Balaban J connectivity index is 2.41. The van der Waals surface area contributed by atoms with Gasteiger partial charge in [0.1, 0.15) is 0 Å². The van der Waals surface area contributed by atoms with E-state index in [0.29, 0.717) is 10.9 Å². The number of benzene rings is 2. The first kappa shape index (κ1) is 17.0. The highest BCUT2D eigenvalue weighted by atomic mass is 19.4. The molecule has 0 saturated heterocycles. The summed E-state index contributed by atoms with van der Waals surface area (Å²) in [5, 5.41) is 11.6. The van der Waals surface area contributed by atoms with Crippen LogP contribution in [0.2, 0.25) is 0 Å². The summed E-state index contributed by atoms with van der Waals surface area (Å²) in [6.45, 7) is 0.495. The van der Waals surface area contributed by atoms with Crippen LogP contribution in [0.25, 0.3) is 10.9 Å². The third-order valence-corrected chi connectivity index (χ3v) is 4.50. The average molecular weight is 348 g/mol. The van der Waals surface area contributed by atoms with Crippen LogP contribution in [-0.4, -0.2) is 22.6 Å². The molecule has 3 rings (SSSR count). The third-order valence-electron chi connectivity index (χ3n) is 4.50. The van der Waals surface area contributed by atoms with Crippen LogP contribution in [0.15, 0.2) is 54.7 Å². The molecule has 1 heterocycles. The van der Waals surface area contributed by atoms with Gasteiger partial charge in [0.05, 0.1) is 0 Å². The highest BCUT2D eigenvalue weighted by molar-refractivity contribution is 5.87. The predicted molar refractivity (Wildman–Crippen MR) is 88.2 cm³/mol. The molecule has 3 aromatic rings. The number of hydrogen-bond donors (Lipinski definition) is 1. The van der Waals surface area contributed by atoms with E-state index < -0.39 is 23.1 Å². The van der Waals surface area contributed by atoms with E-state index in [2.05, 4.69) is 4.98 Å². The number of aromatic amines is 1. The Morgan fingerprint density at radius 1 is 1.08 bits per heavy atom. The molecular weight excluding hydrogens is 333 g/mol. The van der Waals surface area contributed by atoms with Crippen molar-refractivity contribution in [2.45, 2.75) is 18.5 Å². The molecule has 0 fully saturated rings. The number of aromatic nitrogens is 1. The summed E-state index contributed by atoms with van der Waals surface area (Å²) >= 11 is 0. The molecule has 0 bridgehead atoms. The van der Waals surface area contributed by atoms with Gasteiger partial charge in [-0.1, -0.05) is 48.5 Å². The summed E-state index contributed by atoms with van der Waals surface area (Å²) in [5.41, 5.74) is -1.70. The monoisotopic (exact) mass is 348 g/mol. The molecule has 1 atom stereocenters. The molecule has 7 heteroatoms. The average Bonchev–Trinajstić information content (AvgIpc) is 2.98. The summed E-state index contributed by atoms with van der Waals surface area (Å²) in [4.78, 5) is 13.2. The first-order valence-electron chi connectivity index (χ1n) is 7.58. The Kier molecular flexibility index (Phi) is 4.02. The summed E-state index contributed by atoms with van der Waals surface area (Å²) in [6.07, 6.45) is -3.61. The number of rotatable bonds is 4. The second-order valence-electron chi connectivity index (χ2n) is 5.96. The van der Waals surface area contributed by atoms with Gasteiger partial charge in [-0.25, -0.2) is 0 Å². The predicted octanol–water partition coefficient (Wildman–Crippen LogP) is 4.60. The molecule has 0 aliphatic carbocycles. The van der Waals surface area contributed by atoms with E-state index in [4.69, 9.17) is 0 Å². The van der Waals surface area contributed by atoms with Crippen LogP contribution in [-0.2, 0) is 5.41 Å². The number of aryl methyl sites for hydroxylation is 1. The normalized spacial score (nSPS) is 14.4. The van der Waals surface area contributed by atoms with Crippen LogP contribution in [0.5, 0.6) is 0 Å². The number of nitrogens with one attached hydrogen (secondary N) is 1. The molecule has 1 N–H and O–H groups in total. The smallest absolute Gasteiger partial charge is 0.361 e. The minimum absolute atomic E-state index is 0.137. The SMILES string of the molecule is Cc1cccc2c([C@](C[N+](=O)[O-])(c3ccccc3)C(F)(F)F)c[nH]c12. The fourth-order valence-electron chi connectivity index (χ4n) is 3.31. The molecule has 0 aliphatic heterocycles. The van der Waals surface area contributed by atoms with Crippen molar-refractivity contribution in [3.05, 3.63) is 81.5 Å². The topological polar surface area (TPSA) is 58.9 Å². The van der Waals surface area contributed by atoms with Gasteiger partial charge in [0.15, 0.2) is 5.41 Å². The summed E-state index contributed by atoms with van der Waals surface area (Å²) in [7, 11) is 0. The molecular formula is C18H15F3N2O2. The molecule has 0 unspecified atom stereocenters. The summed E-state index contributed by atoms with van der Waals surface area (Å²) in [6, 6.07) is 12.0. The van der Waals surface area contributed by atoms with Crippen molar-refractivity contribution in [3.63, 3.8) is 0 Å². The molecule has 2 aromatic carbocycles. The van der Waals surface area contributed by atoms with Crippen molar-refractivity contribution in [2.75, 3.05) is 6.54 Å². The van der Waals surface area contributed by atoms with Gasteiger partial charge < -0.3 is 4.98 Å². The maximum atomic E-state index is 14.3. The van der Waals surface area contributed by atoms with Gasteiger partial charge >= 0.3 is 6.18 Å². The van der Waals surface area contributed by atoms with Crippen LogP contribution >= 0.6 is 0 Å². The summed E-state index contributed by atoms with van der Waals surface area (Å²) < 4.78 is 42.9. The van der Waals surface area contributed by atoms with Crippen LogP contribution in [0.3, 0.4) is 0 Å². The Morgan fingerprint density at radius 2 is 1.76 bits per heavy atom. The Labute approximate surface area is 141 Å². The van der Waals surface area contributed by atoms with E-state index in [0.717, 1.165) is 5.56 Å². The fraction of sp³-hybridized carbons (Fsp3) is 0.222.